The molecule has 1 fully saturated rings. The second-order valence-corrected chi connectivity index (χ2v) is 34.0. The van der Waals surface area contributed by atoms with Crippen LogP contribution in [0.4, 0.5) is 10.1 Å². The average Bonchev–Trinajstić information content (AvgIpc) is 1.65. The maximum atomic E-state index is 12.9. The molecule has 28 heteroatoms. The molecule has 7 unspecified atom stereocenters. The van der Waals surface area contributed by atoms with Gasteiger partial charge in [0.1, 0.15) is 28.6 Å². The Morgan fingerprint density at radius 2 is 0.896 bits per heavy atom. The summed E-state index contributed by atoms with van der Waals surface area (Å²) in [4.78, 5) is 119. The molecule has 1 saturated carbocycles. The van der Waals surface area contributed by atoms with Crippen molar-refractivity contribution in [2.75, 3.05) is 37.8 Å². The summed E-state index contributed by atoms with van der Waals surface area (Å²) in [5.74, 6) is -7.19. The number of aromatic nitrogens is 1. The summed E-state index contributed by atoms with van der Waals surface area (Å²) in [7, 11) is 0. The molecule has 14 rings (SSSR count). The van der Waals surface area contributed by atoms with E-state index >= 15 is 0 Å². The van der Waals surface area contributed by atoms with Crippen molar-refractivity contribution < 1.29 is 113 Å². The first-order valence-electron chi connectivity index (χ1n) is 43.2. The van der Waals surface area contributed by atoms with Gasteiger partial charge in [0.2, 0.25) is 11.7 Å². The van der Waals surface area contributed by atoms with Crippen molar-refractivity contribution in [3.8, 4) is 23.0 Å². The first-order valence-corrected chi connectivity index (χ1v) is 44.5. The van der Waals surface area contributed by atoms with Crippen molar-refractivity contribution in [2.24, 2.45) is 17.6 Å². The number of thiophene rings is 1. The Balaban J connectivity index is 0.000000211. The normalized spacial score (nSPS) is 13.9. The van der Waals surface area contributed by atoms with Crippen molar-refractivity contribution in [3.05, 3.63) is 355 Å². The predicted molar refractivity (Wildman–Crippen MR) is 514 cm³/mol. The maximum Gasteiger partial charge on any atom is 0.310 e. The molecule has 12 aromatic rings. The Morgan fingerprint density at radius 1 is 0.470 bits per heavy atom. The van der Waals surface area contributed by atoms with Crippen molar-refractivity contribution in [1.29, 1.82) is 0 Å². The zero-order chi connectivity index (χ0) is 98.5. The number of Topliss-reactive ketones (excluding diaryl/α,β-unsaturated/α-hetero) is 1. The number of aliphatic carboxylic acids is 7. The Labute approximate surface area is 786 Å². The molecule has 0 radical (unpaired) electrons. The third-order valence-electron chi connectivity index (χ3n) is 22.1. The first-order chi connectivity index (χ1) is 63.7. The summed E-state index contributed by atoms with van der Waals surface area (Å²) in [5.41, 5.74) is 15.9. The molecular formula is C106H113ClFN3O22S. The minimum Gasteiger partial charge on any atom is -0.481 e. The van der Waals surface area contributed by atoms with E-state index in [1.54, 1.807) is 182 Å². The highest BCUT2D eigenvalue weighted by Crippen LogP contribution is 2.34. The molecule has 134 heavy (non-hydrogen) atoms. The molecule has 25 nitrogen and oxygen atoms in total. The van der Waals surface area contributed by atoms with Crippen LogP contribution < -0.4 is 15.4 Å². The lowest BCUT2D eigenvalue weighted by Gasteiger charge is -2.20. The number of halogens is 2. The van der Waals surface area contributed by atoms with Crippen molar-refractivity contribution >= 4 is 98.9 Å². The van der Waals surface area contributed by atoms with Gasteiger partial charge in [0.15, 0.2) is 11.4 Å². The number of nitrogens with two attached hydrogens (primary N) is 1. The molecule has 3 heterocycles. The third-order valence-corrected chi connectivity index (χ3v) is 23.3. The lowest BCUT2D eigenvalue weighted by atomic mass is 9.94. The molecule has 0 bridgehead atoms. The van der Waals surface area contributed by atoms with Crippen molar-refractivity contribution in [2.45, 2.75) is 141 Å². The van der Waals surface area contributed by atoms with Crippen LogP contribution in [-0.4, -0.2) is 154 Å². The van der Waals surface area contributed by atoms with Gasteiger partial charge in [-0.1, -0.05) is 207 Å². The van der Waals surface area contributed by atoms with Crippen LogP contribution in [0.15, 0.2) is 277 Å². The average molecular weight is 1870 g/mol. The van der Waals surface area contributed by atoms with Gasteiger partial charge in [-0.3, -0.25) is 47.9 Å². The second-order valence-electron chi connectivity index (χ2n) is 32.7. The monoisotopic (exact) mass is 1870 g/mol. The molecule has 704 valence electrons. The molecule has 1 aliphatic heterocycles. The molecule has 0 amide bonds. The van der Waals surface area contributed by atoms with Crippen LogP contribution in [-0.2, 0) is 51.2 Å². The SMILES string of the molecule is CC(C(=O)O)c1ccc(C(=O)c2cccs2)cc1.CC(C(=O)O)c1ccc(CC2CCCC2=O)cc1.CC(C(=O)O)c1ccc(N2CC=CC2)c(Cl)c1.CC(C(=O)O)c1ccc2oc(-c3ccc(F)cc3)nc2c1.CC(C(=O)O)c1cccc(Oc2ccccc2)c1.CC(C)Cc1ccc(C(C)C(=O)O)cc1.C[C@H](C(=O)O)c1cccc(C(=O)c2ccccc2)c1.NC(CO)(CO)CO. The Kier molecular flexibility index (Phi) is 42.3. The maximum absolute atomic E-state index is 12.9. The van der Waals surface area contributed by atoms with E-state index in [9.17, 15) is 52.3 Å². The molecule has 12 N–H and O–H groups in total. The lowest BCUT2D eigenvalue weighted by Crippen LogP contribution is -2.50. The van der Waals surface area contributed by atoms with Crippen molar-refractivity contribution in [3.63, 3.8) is 0 Å². The number of aliphatic hydroxyl groups is 3. The molecule has 10 aromatic carbocycles. The number of benzene rings is 10. The van der Waals surface area contributed by atoms with E-state index in [0.29, 0.717) is 83.3 Å². The highest BCUT2D eigenvalue weighted by molar-refractivity contribution is 7.12. The predicted octanol–water partition coefficient (Wildman–Crippen LogP) is 20.2. The molecule has 2 aromatic heterocycles. The fraction of sp³-hybridized carbons (Fsp3) is 0.274. The molecule has 0 spiro atoms. The standard InChI is InChI=1S/C16H12FNO3.C16H14O3.C15H18O3.C15H14O3.C14H12O3S.C13H14ClNO2.C13H18O2.C4H11NO3/c1-9(16(19)20)11-4-7-14-13(8-11)18-15(21-14)10-2-5-12(17)6-3-10;1-11(16(18)19)13-8-5-9-14(10-13)15(17)12-6-3-2-4-7-12;1-10(15(17)18)12-7-5-11(6-8-12)9-13-3-2-4-14(13)16;1-11(15(16)17)12-6-5-9-14(10-12)18-13-7-3-2-4-8-13;1-9(14(16)17)10-4-6-11(7-5-10)13(15)12-3-2-8-18-12;1-9(13(16)17)10-4-5-12(11(14)8-10)15-6-2-3-7-15;1-9(2)8-11-4-6-12(7-5-11)10(3)13(14)15;5-4(1-6,2-7)3-8/h2-9H,1H3,(H,19,20);2-11H,1H3,(H,18,19);5-8,10,13H,2-4,9H2,1H3,(H,17,18);2-11H,1H3,(H,16,17);2-9H,1H3,(H,16,17);2-5,8-9H,6-7H2,1H3,(H,16,17);4-7,9-10H,8H2,1-3H3,(H,14,15);6-8H,1-3,5H2/t;11-;;;;;;/m.0....../s1. The first kappa shape index (κ1) is 107. The van der Waals surface area contributed by atoms with Gasteiger partial charge in [0.25, 0.3) is 0 Å². The Bertz CT molecular complexity index is 5880. The summed E-state index contributed by atoms with van der Waals surface area (Å²) < 4.78 is 24.2. The number of hydrogen-bond acceptors (Lipinski definition) is 19. The fourth-order valence-electron chi connectivity index (χ4n) is 13.2. The van der Waals surface area contributed by atoms with E-state index in [0.717, 1.165) is 84.4 Å². The fourth-order valence-corrected chi connectivity index (χ4v) is 14.2. The molecule has 1 aliphatic carbocycles. The van der Waals surface area contributed by atoms with Crippen LogP contribution in [0.2, 0.25) is 5.02 Å². The zero-order valence-corrected chi connectivity index (χ0v) is 77.3. The van der Waals surface area contributed by atoms with Gasteiger partial charge in [-0.05, 0) is 220 Å². The van der Waals surface area contributed by atoms with E-state index in [-0.39, 0.29) is 23.3 Å². The van der Waals surface area contributed by atoms with Gasteiger partial charge in [0, 0.05) is 47.7 Å². The van der Waals surface area contributed by atoms with Gasteiger partial charge in [-0.2, -0.15) is 0 Å². The van der Waals surface area contributed by atoms with Gasteiger partial charge in [-0.15, -0.1) is 11.3 Å². The number of anilines is 1. The number of carboxylic acid groups (broad SMARTS) is 7. The van der Waals surface area contributed by atoms with Crippen LogP contribution >= 0.6 is 22.9 Å². The van der Waals surface area contributed by atoms with E-state index in [4.69, 9.17) is 77.6 Å². The minimum atomic E-state index is -1.21. The van der Waals surface area contributed by atoms with Gasteiger partial charge < -0.3 is 70.9 Å². The van der Waals surface area contributed by atoms with Crippen LogP contribution in [0.3, 0.4) is 0 Å². The van der Waals surface area contributed by atoms with Crippen LogP contribution in [0, 0.1) is 17.7 Å². The number of carbonyl (C=O) groups is 10. The summed E-state index contributed by atoms with van der Waals surface area (Å²) >= 11 is 7.59. The summed E-state index contributed by atoms with van der Waals surface area (Å²) in [6.45, 7) is 16.4. The van der Waals surface area contributed by atoms with Gasteiger partial charge >= 0.3 is 41.8 Å². The van der Waals surface area contributed by atoms with Gasteiger partial charge in [0.05, 0.1) is 82.4 Å². The highest BCUT2D eigenvalue weighted by atomic mass is 35.5. The van der Waals surface area contributed by atoms with E-state index < -0.39 is 109 Å². The second kappa shape index (κ2) is 52.9. The number of fused-ring (bicyclic) bond motifs is 1. The summed E-state index contributed by atoms with van der Waals surface area (Å²) in [6, 6.07) is 74.5. The number of ketones is 3. The number of oxazole rings is 1. The topological polar surface area (TPSA) is 438 Å². The molecule has 2 aliphatic rings. The van der Waals surface area contributed by atoms with Crippen LogP contribution in [0.1, 0.15) is 204 Å². The number of para-hydroxylation sites is 1. The largest absolute Gasteiger partial charge is 0.481 e. The van der Waals surface area contributed by atoms with Gasteiger partial charge in [-0.25, -0.2) is 9.37 Å². The van der Waals surface area contributed by atoms with E-state index in [2.05, 4.69) is 35.9 Å². The number of hydrogen-bond donors (Lipinski definition) is 11. The number of nitrogens with zero attached hydrogens (tertiary/aromatic N) is 2. The highest BCUT2D eigenvalue weighted by Gasteiger charge is 2.27. The van der Waals surface area contributed by atoms with Crippen LogP contribution in [0.5, 0.6) is 11.5 Å². The smallest absolute Gasteiger partial charge is 0.310 e. The number of rotatable bonds is 29. The molecule has 8 atom stereocenters. The number of carboxylic acids is 7. The summed E-state index contributed by atoms with van der Waals surface area (Å²) in [5, 5.41) is 90.1. The quantitative estimate of drug-likeness (QED) is 0.0153. The molecule has 0 saturated heterocycles. The lowest BCUT2D eigenvalue weighted by molar-refractivity contribution is -0.139. The van der Waals surface area contributed by atoms with Crippen molar-refractivity contribution in [1.82, 2.24) is 4.98 Å². The Hall–Kier alpha value is -13.9. The minimum absolute atomic E-state index is 0.0282. The van der Waals surface area contributed by atoms with E-state index in [1.165, 1.54) is 29.0 Å². The number of carbonyl (C=O) groups excluding carboxylic acids is 3. The third kappa shape index (κ3) is 33.1. The summed E-state index contributed by atoms with van der Waals surface area (Å²) in [6.07, 6.45) is 8.74. The Morgan fingerprint density at radius 3 is 1.35 bits per heavy atom. The number of aliphatic hydroxyl groups excluding tert-OH is 3. The molecular weight excluding hydrogens is 1750 g/mol. The number of ether oxygens (including phenoxy) is 1. The van der Waals surface area contributed by atoms with Crippen LogP contribution in [0.25, 0.3) is 22.6 Å². The van der Waals surface area contributed by atoms with E-state index in [1.807, 2.05) is 115 Å². The zero-order valence-electron chi connectivity index (χ0n) is 75.8.